The second-order valence-corrected chi connectivity index (χ2v) is 6.83. The lowest BCUT2D eigenvalue weighted by Gasteiger charge is -2.14. The maximum absolute atomic E-state index is 12.5. The molecule has 0 nitrogen and oxygen atoms in total. The second-order valence-electron chi connectivity index (χ2n) is 4.15. The van der Waals surface area contributed by atoms with E-state index in [2.05, 4.69) is 47.8 Å². The predicted octanol–water partition coefficient (Wildman–Crippen LogP) is 6.71. The monoisotopic (exact) mass is 470 g/mol. The fourth-order valence-electron chi connectivity index (χ4n) is 1.73. The van der Waals surface area contributed by atoms with Gasteiger partial charge < -0.3 is 0 Å². The Bertz CT molecular complexity index is 606. The quantitative estimate of drug-likeness (QED) is 0.426. The number of benzene rings is 2. The van der Waals surface area contributed by atoms with E-state index in [4.69, 9.17) is 0 Å². The third-order valence-electron chi connectivity index (χ3n) is 2.76. The molecule has 20 heavy (non-hydrogen) atoms. The maximum Gasteiger partial charge on any atom is 0.416 e. The zero-order valence-corrected chi connectivity index (χ0v) is 14.6. The van der Waals surface area contributed by atoms with Crippen LogP contribution in [0, 0.1) is 0 Å². The van der Waals surface area contributed by atoms with E-state index >= 15 is 0 Å². The number of alkyl halides is 4. The molecule has 0 N–H and O–H groups in total. The Labute approximate surface area is 139 Å². The zero-order valence-electron chi connectivity index (χ0n) is 9.89. The van der Waals surface area contributed by atoms with Gasteiger partial charge in [-0.2, -0.15) is 13.2 Å². The van der Waals surface area contributed by atoms with Crippen LogP contribution in [0.15, 0.2) is 51.4 Å². The lowest BCUT2D eigenvalue weighted by atomic mass is 10.0. The molecule has 0 aliphatic heterocycles. The van der Waals surface area contributed by atoms with Crippen LogP contribution >= 0.6 is 47.8 Å². The van der Waals surface area contributed by atoms with Crippen molar-refractivity contribution < 1.29 is 13.2 Å². The Kier molecular flexibility index (Phi) is 4.97. The molecule has 0 saturated carbocycles. The molecule has 0 heterocycles. The Balaban J connectivity index is 2.34. The van der Waals surface area contributed by atoms with Gasteiger partial charge in [0.25, 0.3) is 0 Å². The molecule has 2 aromatic carbocycles. The normalized spacial score (nSPS) is 13.3. The Morgan fingerprint density at radius 3 is 2.05 bits per heavy atom. The van der Waals surface area contributed by atoms with Crippen molar-refractivity contribution in [3.8, 4) is 0 Å². The van der Waals surface area contributed by atoms with Gasteiger partial charge in [-0.1, -0.05) is 59.9 Å². The third-order valence-corrected chi connectivity index (χ3v) is 5.00. The van der Waals surface area contributed by atoms with E-state index < -0.39 is 11.7 Å². The van der Waals surface area contributed by atoms with Crippen molar-refractivity contribution in [2.24, 2.45) is 0 Å². The summed E-state index contributed by atoms with van der Waals surface area (Å²) in [6.45, 7) is 0. The highest BCUT2D eigenvalue weighted by molar-refractivity contribution is 9.11. The third kappa shape index (κ3) is 3.65. The smallest absolute Gasteiger partial charge is 0.166 e. The summed E-state index contributed by atoms with van der Waals surface area (Å²) in [4.78, 5) is -0.184. The highest BCUT2D eigenvalue weighted by atomic mass is 79.9. The summed E-state index contributed by atoms with van der Waals surface area (Å²) in [7, 11) is 0. The van der Waals surface area contributed by atoms with Gasteiger partial charge in [0, 0.05) is 8.95 Å². The average Bonchev–Trinajstić information content (AvgIpc) is 2.40. The topological polar surface area (TPSA) is 0 Å². The minimum absolute atomic E-state index is 0.184. The van der Waals surface area contributed by atoms with Crippen LogP contribution in [-0.4, -0.2) is 0 Å². The summed E-state index contributed by atoms with van der Waals surface area (Å²) in [6, 6.07) is 10.8. The maximum atomic E-state index is 12.5. The molecule has 106 valence electrons. The second kappa shape index (κ2) is 6.20. The van der Waals surface area contributed by atoms with Crippen molar-refractivity contribution in [2.75, 3.05) is 0 Å². The SMILES string of the molecule is FC(F)(F)c1ccc(C(Br)c2cc(Br)ccc2Br)cc1. The van der Waals surface area contributed by atoms with Crippen molar-refractivity contribution >= 4 is 47.8 Å². The lowest BCUT2D eigenvalue weighted by molar-refractivity contribution is -0.137. The molecule has 0 spiro atoms. The first-order chi connectivity index (χ1) is 9.29. The number of halogens is 6. The molecule has 0 aromatic heterocycles. The van der Waals surface area contributed by atoms with E-state index in [0.29, 0.717) is 0 Å². The first kappa shape index (κ1) is 16.0. The minimum atomic E-state index is -4.31. The highest BCUT2D eigenvalue weighted by Gasteiger charge is 2.30. The van der Waals surface area contributed by atoms with Crippen molar-refractivity contribution in [1.29, 1.82) is 0 Å². The molecule has 0 saturated heterocycles. The van der Waals surface area contributed by atoms with Gasteiger partial charge in [-0.15, -0.1) is 0 Å². The van der Waals surface area contributed by atoms with Gasteiger partial charge in [0.15, 0.2) is 0 Å². The summed E-state index contributed by atoms with van der Waals surface area (Å²) in [6.07, 6.45) is -4.31. The molecular formula is C14H8Br3F3. The molecule has 0 bridgehead atoms. The van der Waals surface area contributed by atoms with E-state index in [1.54, 1.807) is 0 Å². The van der Waals surface area contributed by atoms with Crippen LogP contribution in [0.25, 0.3) is 0 Å². The number of hydrogen-bond acceptors (Lipinski definition) is 0. The lowest BCUT2D eigenvalue weighted by Crippen LogP contribution is -2.05. The van der Waals surface area contributed by atoms with Crippen LogP contribution in [-0.2, 0) is 6.18 Å². The molecule has 1 unspecified atom stereocenters. The highest BCUT2D eigenvalue weighted by Crippen LogP contribution is 2.38. The van der Waals surface area contributed by atoms with Gasteiger partial charge in [0.1, 0.15) is 0 Å². The molecule has 2 rings (SSSR count). The fourth-order valence-corrected chi connectivity index (χ4v) is 3.58. The summed E-state index contributed by atoms with van der Waals surface area (Å²) in [5.74, 6) is 0. The van der Waals surface area contributed by atoms with E-state index in [1.807, 2.05) is 18.2 Å². The summed E-state index contributed by atoms with van der Waals surface area (Å²) in [5.41, 5.74) is 1.06. The van der Waals surface area contributed by atoms with Crippen molar-refractivity contribution in [2.45, 2.75) is 11.0 Å². The van der Waals surface area contributed by atoms with Gasteiger partial charge in [0.05, 0.1) is 10.4 Å². The molecule has 0 amide bonds. The van der Waals surface area contributed by atoms with Crippen molar-refractivity contribution in [3.63, 3.8) is 0 Å². The summed E-state index contributed by atoms with van der Waals surface area (Å²) >= 11 is 10.4. The summed E-state index contributed by atoms with van der Waals surface area (Å²) in [5, 5.41) is 0. The van der Waals surface area contributed by atoms with E-state index in [-0.39, 0.29) is 4.83 Å². The summed E-state index contributed by atoms with van der Waals surface area (Å²) < 4.78 is 39.4. The molecule has 0 aliphatic carbocycles. The predicted molar refractivity (Wildman–Crippen MR) is 84.1 cm³/mol. The fraction of sp³-hybridized carbons (Fsp3) is 0.143. The van der Waals surface area contributed by atoms with Crippen LogP contribution in [0.2, 0.25) is 0 Å². The van der Waals surface area contributed by atoms with Gasteiger partial charge in [0.2, 0.25) is 0 Å². The molecular weight excluding hydrogens is 465 g/mol. The van der Waals surface area contributed by atoms with Gasteiger partial charge >= 0.3 is 6.18 Å². The van der Waals surface area contributed by atoms with Gasteiger partial charge in [-0.25, -0.2) is 0 Å². The van der Waals surface area contributed by atoms with Crippen LogP contribution in [0.3, 0.4) is 0 Å². The van der Waals surface area contributed by atoms with Crippen molar-refractivity contribution in [3.05, 3.63) is 68.1 Å². The van der Waals surface area contributed by atoms with Crippen LogP contribution in [0.1, 0.15) is 21.5 Å². The van der Waals surface area contributed by atoms with E-state index in [0.717, 1.165) is 32.2 Å². The van der Waals surface area contributed by atoms with Gasteiger partial charge in [-0.05, 0) is 41.5 Å². The first-order valence-electron chi connectivity index (χ1n) is 5.55. The minimum Gasteiger partial charge on any atom is -0.166 e. The molecule has 6 heteroatoms. The number of hydrogen-bond donors (Lipinski definition) is 0. The zero-order chi connectivity index (χ0) is 14.9. The average molecular weight is 473 g/mol. The number of rotatable bonds is 2. The Hall–Kier alpha value is -0.330. The van der Waals surface area contributed by atoms with E-state index in [1.165, 1.54) is 12.1 Å². The largest absolute Gasteiger partial charge is 0.416 e. The molecule has 0 aliphatic rings. The Morgan fingerprint density at radius 1 is 0.900 bits per heavy atom. The molecule has 1 atom stereocenters. The van der Waals surface area contributed by atoms with Crippen LogP contribution < -0.4 is 0 Å². The van der Waals surface area contributed by atoms with Gasteiger partial charge in [-0.3, -0.25) is 0 Å². The first-order valence-corrected chi connectivity index (χ1v) is 8.05. The van der Waals surface area contributed by atoms with E-state index in [9.17, 15) is 13.2 Å². The Morgan fingerprint density at radius 2 is 1.50 bits per heavy atom. The molecule has 0 fully saturated rings. The van der Waals surface area contributed by atoms with Crippen LogP contribution in [0.4, 0.5) is 13.2 Å². The van der Waals surface area contributed by atoms with Crippen molar-refractivity contribution in [1.82, 2.24) is 0 Å². The molecule has 0 radical (unpaired) electrons. The molecule has 2 aromatic rings. The van der Waals surface area contributed by atoms with Crippen LogP contribution in [0.5, 0.6) is 0 Å². The standard InChI is InChI=1S/C14H8Br3F3/c15-10-5-6-12(16)11(7-10)13(17)8-1-3-9(4-2-8)14(18,19)20/h1-7,13H.